The van der Waals surface area contributed by atoms with E-state index in [1.54, 1.807) is 18.1 Å². The summed E-state index contributed by atoms with van der Waals surface area (Å²) < 4.78 is 6.80. The van der Waals surface area contributed by atoms with E-state index in [1.165, 1.54) is 12.7 Å². The number of hydrogen-bond acceptors (Lipinski definition) is 7. The number of amides is 1. The summed E-state index contributed by atoms with van der Waals surface area (Å²) in [5.41, 5.74) is 0.733. The number of nitrogens with one attached hydrogen (secondary N) is 1. The SMILES string of the molecule is COc1cccc(NC(=O)C2CCCN(c3cc(-n4cncn4)ncn3)C2)c1. The van der Waals surface area contributed by atoms with Crippen molar-refractivity contribution in [2.24, 2.45) is 5.92 Å². The number of aromatic nitrogens is 5. The van der Waals surface area contributed by atoms with E-state index in [-0.39, 0.29) is 11.8 Å². The molecule has 1 aromatic carbocycles. The molecule has 0 spiro atoms. The van der Waals surface area contributed by atoms with Crippen LogP contribution in [0.3, 0.4) is 0 Å². The maximum absolute atomic E-state index is 12.8. The van der Waals surface area contributed by atoms with Crippen LogP contribution in [0.15, 0.2) is 49.3 Å². The van der Waals surface area contributed by atoms with E-state index < -0.39 is 0 Å². The van der Waals surface area contributed by atoms with Crippen LogP contribution in [0.25, 0.3) is 5.82 Å². The first kappa shape index (κ1) is 17.9. The van der Waals surface area contributed by atoms with E-state index >= 15 is 0 Å². The lowest BCUT2D eigenvalue weighted by Gasteiger charge is -2.32. The molecule has 0 bridgehead atoms. The van der Waals surface area contributed by atoms with E-state index in [4.69, 9.17) is 4.74 Å². The minimum Gasteiger partial charge on any atom is -0.497 e. The van der Waals surface area contributed by atoms with Gasteiger partial charge in [0.15, 0.2) is 5.82 Å². The first-order valence-electron chi connectivity index (χ1n) is 9.10. The lowest BCUT2D eigenvalue weighted by Crippen LogP contribution is -2.41. The molecule has 0 saturated carbocycles. The van der Waals surface area contributed by atoms with Gasteiger partial charge in [0.1, 0.15) is 30.5 Å². The maximum Gasteiger partial charge on any atom is 0.229 e. The molecule has 1 N–H and O–H groups in total. The zero-order valence-electron chi connectivity index (χ0n) is 15.5. The summed E-state index contributed by atoms with van der Waals surface area (Å²) in [6.07, 6.45) is 6.31. The summed E-state index contributed by atoms with van der Waals surface area (Å²) in [5.74, 6) is 2.02. The van der Waals surface area contributed by atoms with E-state index in [2.05, 4.69) is 30.3 Å². The number of methoxy groups -OCH3 is 1. The highest BCUT2D eigenvalue weighted by atomic mass is 16.5. The fourth-order valence-corrected chi connectivity index (χ4v) is 3.31. The minimum atomic E-state index is -0.121. The second-order valence-corrected chi connectivity index (χ2v) is 6.58. The average molecular weight is 379 g/mol. The van der Waals surface area contributed by atoms with Crippen molar-refractivity contribution in [2.45, 2.75) is 12.8 Å². The average Bonchev–Trinajstić information content (AvgIpc) is 3.29. The predicted octanol–water partition coefficient (Wildman–Crippen LogP) is 1.92. The van der Waals surface area contributed by atoms with Crippen molar-refractivity contribution in [3.8, 4) is 11.6 Å². The van der Waals surface area contributed by atoms with Gasteiger partial charge in [-0.15, -0.1) is 0 Å². The van der Waals surface area contributed by atoms with Crippen LogP contribution in [0, 0.1) is 5.92 Å². The molecule has 3 aromatic rings. The van der Waals surface area contributed by atoms with Crippen molar-refractivity contribution in [1.29, 1.82) is 0 Å². The van der Waals surface area contributed by atoms with Gasteiger partial charge in [0, 0.05) is 30.9 Å². The van der Waals surface area contributed by atoms with Crippen LogP contribution in [-0.2, 0) is 4.79 Å². The highest BCUT2D eigenvalue weighted by Crippen LogP contribution is 2.24. The Hall–Kier alpha value is -3.49. The van der Waals surface area contributed by atoms with Gasteiger partial charge in [-0.1, -0.05) is 6.07 Å². The quantitative estimate of drug-likeness (QED) is 0.723. The molecule has 28 heavy (non-hydrogen) atoms. The van der Waals surface area contributed by atoms with Crippen LogP contribution in [-0.4, -0.2) is 50.8 Å². The second-order valence-electron chi connectivity index (χ2n) is 6.58. The Morgan fingerprint density at radius 2 is 2.11 bits per heavy atom. The number of anilines is 2. The molecular formula is C19H21N7O2. The zero-order chi connectivity index (χ0) is 19.3. The minimum absolute atomic E-state index is 0.00325. The number of carbonyl (C=O) groups excluding carboxylic acids is 1. The summed E-state index contributed by atoms with van der Waals surface area (Å²) in [5, 5.41) is 7.09. The Morgan fingerprint density at radius 1 is 1.21 bits per heavy atom. The molecule has 144 valence electrons. The number of ether oxygens (including phenoxy) is 1. The van der Waals surface area contributed by atoms with Crippen molar-refractivity contribution in [2.75, 3.05) is 30.4 Å². The summed E-state index contributed by atoms with van der Waals surface area (Å²) in [6.45, 7) is 1.44. The summed E-state index contributed by atoms with van der Waals surface area (Å²) in [4.78, 5) is 27.4. The van der Waals surface area contributed by atoms with Crippen molar-refractivity contribution in [1.82, 2.24) is 24.7 Å². The molecule has 1 amide bonds. The zero-order valence-corrected chi connectivity index (χ0v) is 15.5. The normalized spacial score (nSPS) is 16.6. The van der Waals surface area contributed by atoms with Crippen LogP contribution in [0.2, 0.25) is 0 Å². The number of hydrogen-bond donors (Lipinski definition) is 1. The molecule has 4 rings (SSSR count). The highest BCUT2D eigenvalue weighted by Gasteiger charge is 2.27. The van der Waals surface area contributed by atoms with Gasteiger partial charge < -0.3 is 15.0 Å². The third-order valence-electron chi connectivity index (χ3n) is 4.75. The van der Waals surface area contributed by atoms with E-state index in [0.717, 1.165) is 30.9 Å². The van der Waals surface area contributed by atoms with Gasteiger partial charge in [-0.05, 0) is 25.0 Å². The number of carbonyl (C=O) groups is 1. The molecule has 1 saturated heterocycles. The van der Waals surface area contributed by atoms with Gasteiger partial charge in [0.05, 0.1) is 13.0 Å². The standard InChI is InChI=1S/C19H21N7O2/c1-28-16-6-2-5-15(8-16)24-19(27)14-4-3-7-25(10-14)17-9-18(22-12-21-17)26-13-20-11-23-26/h2,5-6,8-9,11-14H,3-4,7,10H2,1H3,(H,24,27). The van der Waals surface area contributed by atoms with Crippen molar-refractivity contribution in [3.63, 3.8) is 0 Å². The molecule has 9 nitrogen and oxygen atoms in total. The lowest BCUT2D eigenvalue weighted by atomic mass is 9.97. The van der Waals surface area contributed by atoms with E-state index in [0.29, 0.717) is 18.1 Å². The Balaban J connectivity index is 1.45. The number of nitrogens with zero attached hydrogens (tertiary/aromatic N) is 6. The molecule has 1 atom stereocenters. The van der Waals surface area contributed by atoms with Gasteiger partial charge in [-0.2, -0.15) is 5.10 Å². The summed E-state index contributed by atoms with van der Waals surface area (Å²) >= 11 is 0. The van der Waals surface area contributed by atoms with Crippen molar-refractivity contribution in [3.05, 3.63) is 49.3 Å². The molecule has 0 aliphatic carbocycles. The molecule has 0 radical (unpaired) electrons. The van der Waals surface area contributed by atoms with Gasteiger partial charge in [-0.25, -0.2) is 19.6 Å². The molecule has 1 unspecified atom stereocenters. The Labute approximate surface area is 162 Å². The van der Waals surface area contributed by atoms with Crippen molar-refractivity contribution >= 4 is 17.4 Å². The second kappa shape index (κ2) is 8.03. The molecular weight excluding hydrogens is 358 g/mol. The molecule has 1 aliphatic rings. The van der Waals surface area contributed by atoms with Crippen LogP contribution in [0.1, 0.15) is 12.8 Å². The molecule has 1 fully saturated rings. The van der Waals surface area contributed by atoms with E-state index in [9.17, 15) is 4.79 Å². The Morgan fingerprint density at radius 3 is 2.93 bits per heavy atom. The lowest BCUT2D eigenvalue weighted by molar-refractivity contribution is -0.120. The number of benzene rings is 1. The van der Waals surface area contributed by atoms with E-state index in [1.807, 2.05) is 30.3 Å². The first-order valence-corrected chi connectivity index (χ1v) is 9.10. The smallest absolute Gasteiger partial charge is 0.229 e. The van der Waals surface area contributed by atoms with Crippen LogP contribution in [0.4, 0.5) is 11.5 Å². The van der Waals surface area contributed by atoms with Crippen LogP contribution >= 0.6 is 0 Å². The predicted molar refractivity (Wildman–Crippen MR) is 104 cm³/mol. The fraction of sp³-hybridized carbons (Fsp3) is 0.316. The third kappa shape index (κ3) is 3.93. The third-order valence-corrected chi connectivity index (χ3v) is 4.75. The van der Waals surface area contributed by atoms with Crippen molar-refractivity contribution < 1.29 is 9.53 Å². The maximum atomic E-state index is 12.8. The van der Waals surface area contributed by atoms with Gasteiger partial charge in [-0.3, -0.25) is 4.79 Å². The van der Waals surface area contributed by atoms with Gasteiger partial charge in [0.25, 0.3) is 0 Å². The molecule has 9 heteroatoms. The van der Waals surface area contributed by atoms with Gasteiger partial charge >= 0.3 is 0 Å². The summed E-state index contributed by atoms with van der Waals surface area (Å²) in [6, 6.07) is 9.23. The number of piperidine rings is 1. The summed E-state index contributed by atoms with van der Waals surface area (Å²) in [7, 11) is 1.61. The first-order chi connectivity index (χ1) is 13.7. The molecule has 2 aromatic heterocycles. The monoisotopic (exact) mass is 379 g/mol. The van der Waals surface area contributed by atoms with Gasteiger partial charge in [0.2, 0.25) is 5.91 Å². The topological polar surface area (TPSA) is 98.1 Å². The Bertz CT molecular complexity index is 945. The number of rotatable bonds is 5. The largest absolute Gasteiger partial charge is 0.497 e. The van der Waals surface area contributed by atoms with Crippen LogP contribution in [0.5, 0.6) is 5.75 Å². The molecule has 1 aliphatic heterocycles. The molecule has 3 heterocycles. The highest BCUT2D eigenvalue weighted by molar-refractivity contribution is 5.93. The fourth-order valence-electron chi connectivity index (χ4n) is 3.31. The van der Waals surface area contributed by atoms with Crippen LogP contribution < -0.4 is 15.0 Å². The Kier molecular flexibility index (Phi) is 5.14.